The Labute approximate surface area is 167 Å². The summed E-state index contributed by atoms with van der Waals surface area (Å²) >= 11 is 12.3. The van der Waals surface area contributed by atoms with Crippen LogP contribution >= 0.6 is 35.6 Å². The fraction of sp³-hybridized carbons (Fsp3) is 0.400. The summed E-state index contributed by atoms with van der Waals surface area (Å²) in [5.74, 6) is -1.20. The Morgan fingerprint density at radius 1 is 1.42 bits per heavy atom. The second-order valence-corrected chi connectivity index (χ2v) is 8.14. The fourth-order valence-electron chi connectivity index (χ4n) is 2.57. The van der Waals surface area contributed by atoms with E-state index in [1.54, 1.807) is 41.5 Å². The number of imidazole rings is 1. The van der Waals surface area contributed by atoms with Crippen LogP contribution in [0.5, 0.6) is 0 Å². The first-order chi connectivity index (χ1) is 11.8. The minimum absolute atomic E-state index is 0. The van der Waals surface area contributed by atoms with Crippen molar-refractivity contribution in [3.05, 3.63) is 52.5 Å². The van der Waals surface area contributed by atoms with Gasteiger partial charge in [-0.2, -0.15) is 8.42 Å². The predicted molar refractivity (Wildman–Crippen MR) is 99.2 cm³/mol. The summed E-state index contributed by atoms with van der Waals surface area (Å²) in [6.45, 7) is 0.294. The van der Waals surface area contributed by atoms with E-state index in [9.17, 15) is 8.42 Å². The number of rotatable bonds is 6. The molecule has 0 aliphatic carbocycles. The van der Waals surface area contributed by atoms with Crippen LogP contribution in [0.1, 0.15) is 5.56 Å². The van der Waals surface area contributed by atoms with Gasteiger partial charge in [-0.05, 0) is 12.1 Å². The Kier molecular flexibility index (Phi) is 6.95. The summed E-state index contributed by atoms with van der Waals surface area (Å²) in [6, 6.07) is 5.01. The minimum Gasteiger partial charge on any atom is -0.342 e. The number of halogens is 3. The van der Waals surface area contributed by atoms with Crippen LogP contribution < -0.4 is 0 Å². The lowest BCUT2D eigenvalue weighted by Crippen LogP contribution is -2.34. The van der Waals surface area contributed by atoms with Gasteiger partial charge in [-0.1, -0.05) is 29.3 Å². The topological polar surface area (TPSA) is 79.7 Å². The van der Waals surface area contributed by atoms with E-state index in [1.807, 2.05) is 0 Å². The Balaban J connectivity index is 0.00000243. The molecule has 26 heavy (non-hydrogen) atoms. The number of hydrogen-bond donors (Lipinski definition) is 0. The van der Waals surface area contributed by atoms with Crippen molar-refractivity contribution in [2.75, 3.05) is 19.5 Å². The van der Waals surface area contributed by atoms with E-state index in [1.165, 1.54) is 0 Å². The summed E-state index contributed by atoms with van der Waals surface area (Å²) in [7, 11) is -3.57. The molecule has 0 bridgehead atoms. The van der Waals surface area contributed by atoms with Crippen LogP contribution in [-0.2, 0) is 36.1 Å². The van der Waals surface area contributed by atoms with Crippen molar-refractivity contribution in [2.45, 2.75) is 18.4 Å². The van der Waals surface area contributed by atoms with Crippen LogP contribution in [0, 0.1) is 0 Å². The largest absolute Gasteiger partial charge is 0.342 e. The first-order valence-electron chi connectivity index (χ1n) is 7.35. The molecule has 0 unspecified atom stereocenters. The van der Waals surface area contributed by atoms with Crippen molar-refractivity contribution >= 4 is 45.7 Å². The van der Waals surface area contributed by atoms with Gasteiger partial charge in [-0.3, -0.25) is 4.18 Å². The zero-order valence-corrected chi connectivity index (χ0v) is 16.8. The Morgan fingerprint density at radius 3 is 2.81 bits per heavy atom. The lowest BCUT2D eigenvalue weighted by atomic mass is 10.1. The maximum absolute atomic E-state index is 11.2. The lowest BCUT2D eigenvalue weighted by molar-refractivity contribution is -0.189. The van der Waals surface area contributed by atoms with Gasteiger partial charge >= 0.3 is 0 Å². The van der Waals surface area contributed by atoms with E-state index in [0.29, 0.717) is 15.6 Å². The molecule has 0 saturated carbocycles. The van der Waals surface area contributed by atoms with Crippen molar-refractivity contribution in [3.63, 3.8) is 0 Å². The minimum atomic E-state index is -3.57. The second kappa shape index (κ2) is 8.43. The normalized spacial score (nSPS) is 23.0. The number of benzene rings is 1. The average Bonchev–Trinajstić information content (AvgIpc) is 3.15. The molecule has 3 rings (SSSR count). The van der Waals surface area contributed by atoms with Crippen LogP contribution in [0.2, 0.25) is 10.0 Å². The number of nitrogens with zero attached hydrogens (tertiary/aromatic N) is 2. The number of aromatic nitrogens is 2. The van der Waals surface area contributed by atoms with Crippen LogP contribution in [0.3, 0.4) is 0 Å². The molecule has 0 radical (unpaired) electrons. The molecule has 1 aliphatic heterocycles. The standard InChI is InChI=1S/C15H16Cl2N2O5S.ClH/c1-25(20,21)23-8-12-7-22-15(24-12,9-19-5-4-18-10-19)13-3-2-11(16)6-14(13)17;/h2-6,10,12H,7-9H2,1H3;1H/t12-,15+;/m0./s1. The van der Waals surface area contributed by atoms with Gasteiger partial charge in [0.1, 0.15) is 6.10 Å². The van der Waals surface area contributed by atoms with Crippen LogP contribution in [0.15, 0.2) is 36.9 Å². The van der Waals surface area contributed by atoms with Gasteiger partial charge in [0, 0.05) is 23.0 Å². The van der Waals surface area contributed by atoms with Crippen molar-refractivity contribution in [3.8, 4) is 0 Å². The third-order valence-corrected chi connectivity index (χ3v) is 4.73. The van der Waals surface area contributed by atoms with Gasteiger partial charge in [-0.15, -0.1) is 12.4 Å². The molecular formula is C15H17Cl3N2O5S. The molecule has 144 valence electrons. The third kappa shape index (κ3) is 5.10. The van der Waals surface area contributed by atoms with Crippen LogP contribution in [-0.4, -0.2) is 43.5 Å². The molecule has 1 saturated heterocycles. The van der Waals surface area contributed by atoms with Gasteiger partial charge in [0.2, 0.25) is 5.79 Å². The second-order valence-electron chi connectivity index (χ2n) is 5.65. The third-order valence-electron chi connectivity index (χ3n) is 3.62. The summed E-state index contributed by atoms with van der Waals surface area (Å²) in [5, 5.41) is 0.874. The van der Waals surface area contributed by atoms with Gasteiger partial charge < -0.3 is 14.0 Å². The maximum atomic E-state index is 11.2. The smallest absolute Gasteiger partial charge is 0.264 e. The Morgan fingerprint density at radius 2 is 2.19 bits per heavy atom. The molecule has 2 atom stereocenters. The molecule has 7 nitrogen and oxygen atoms in total. The number of ether oxygens (including phenoxy) is 2. The maximum Gasteiger partial charge on any atom is 0.264 e. The molecule has 1 aliphatic rings. The summed E-state index contributed by atoms with van der Waals surface area (Å²) in [5.41, 5.74) is 0.592. The zero-order chi connectivity index (χ0) is 18.1. The van der Waals surface area contributed by atoms with E-state index in [0.717, 1.165) is 6.26 Å². The number of hydrogen-bond acceptors (Lipinski definition) is 6. The lowest BCUT2D eigenvalue weighted by Gasteiger charge is -2.29. The molecule has 11 heteroatoms. The highest BCUT2D eigenvalue weighted by Gasteiger charge is 2.45. The summed E-state index contributed by atoms with van der Waals surface area (Å²) < 4.78 is 41.0. The molecule has 1 aromatic carbocycles. The van der Waals surface area contributed by atoms with Crippen molar-refractivity contribution < 1.29 is 22.1 Å². The average molecular weight is 444 g/mol. The fourth-order valence-corrected chi connectivity index (χ4v) is 3.53. The van der Waals surface area contributed by atoms with Gasteiger partial charge in [-0.25, -0.2) is 4.98 Å². The van der Waals surface area contributed by atoms with E-state index in [4.69, 9.17) is 36.9 Å². The monoisotopic (exact) mass is 442 g/mol. The van der Waals surface area contributed by atoms with Gasteiger partial charge in [0.25, 0.3) is 10.1 Å². The van der Waals surface area contributed by atoms with Crippen molar-refractivity contribution in [2.24, 2.45) is 0 Å². The first-order valence-corrected chi connectivity index (χ1v) is 9.92. The highest BCUT2D eigenvalue weighted by molar-refractivity contribution is 7.85. The quantitative estimate of drug-likeness (QED) is 0.639. The highest BCUT2D eigenvalue weighted by Crippen LogP contribution is 2.40. The highest BCUT2D eigenvalue weighted by atomic mass is 35.5. The molecule has 0 N–H and O–H groups in total. The Bertz CT molecular complexity index is 847. The molecule has 1 fully saturated rings. The van der Waals surface area contributed by atoms with Crippen molar-refractivity contribution in [1.82, 2.24) is 9.55 Å². The molecule has 2 aromatic rings. The van der Waals surface area contributed by atoms with E-state index in [-0.39, 0.29) is 32.2 Å². The summed E-state index contributed by atoms with van der Waals surface area (Å²) in [4.78, 5) is 4.01. The molecular weight excluding hydrogens is 427 g/mol. The summed E-state index contributed by atoms with van der Waals surface area (Å²) in [6.07, 6.45) is 5.44. The molecule has 0 spiro atoms. The SMILES string of the molecule is CS(=O)(=O)OC[C@@H]1CO[C@@](Cn2ccnc2)(c2ccc(Cl)cc2Cl)O1.Cl. The van der Waals surface area contributed by atoms with E-state index in [2.05, 4.69) is 4.98 Å². The Hall–Kier alpha value is -0.870. The molecule has 2 heterocycles. The first kappa shape index (κ1) is 21.4. The van der Waals surface area contributed by atoms with Crippen LogP contribution in [0.25, 0.3) is 0 Å². The van der Waals surface area contributed by atoms with E-state index < -0.39 is 22.0 Å². The zero-order valence-electron chi connectivity index (χ0n) is 13.7. The van der Waals surface area contributed by atoms with Gasteiger partial charge in [0.05, 0.1) is 37.4 Å². The van der Waals surface area contributed by atoms with Crippen LogP contribution in [0.4, 0.5) is 0 Å². The van der Waals surface area contributed by atoms with E-state index >= 15 is 0 Å². The van der Waals surface area contributed by atoms with Crippen molar-refractivity contribution in [1.29, 1.82) is 0 Å². The molecule has 0 amide bonds. The molecule has 1 aromatic heterocycles. The van der Waals surface area contributed by atoms with Gasteiger partial charge in [0.15, 0.2) is 0 Å². The predicted octanol–water partition coefficient (Wildman–Crippen LogP) is 2.86.